The standard InChI is InChI=1S/C12H20N2/c1-11(4-8-13)14-9-7-12(10-14)5-2-3-6-12/h11H,2-7,9-10H2,1H3. The average molecular weight is 192 g/mol. The van der Waals surface area contributed by atoms with E-state index in [1.54, 1.807) is 0 Å². The molecule has 2 fully saturated rings. The predicted octanol–water partition coefficient (Wildman–Crippen LogP) is 2.55. The van der Waals surface area contributed by atoms with Crippen molar-refractivity contribution >= 4 is 0 Å². The second kappa shape index (κ2) is 3.90. The van der Waals surface area contributed by atoms with E-state index in [-0.39, 0.29) is 0 Å². The van der Waals surface area contributed by atoms with E-state index >= 15 is 0 Å². The molecule has 1 saturated carbocycles. The van der Waals surface area contributed by atoms with Gasteiger partial charge in [-0.15, -0.1) is 0 Å². The van der Waals surface area contributed by atoms with E-state index in [4.69, 9.17) is 5.26 Å². The van der Waals surface area contributed by atoms with Crippen LogP contribution in [0.15, 0.2) is 0 Å². The van der Waals surface area contributed by atoms with Gasteiger partial charge in [0, 0.05) is 12.6 Å². The van der Waals surface area contributed by atoms with Crippen molar-refractivity contribution in [3.05, 3.63) is 0 Å². The smallest absolute Gasteiger partial charge is 0.0638 e. The molecular weight excluding hydrogens is 172 g/mol. The van der Waals surface area contributed by atoms with Crippen LogP contribution >= 0.6 is 0 Å². The summed E-state index contributed by atoms with van der Waals surface area (Å²) in [6.07, 6.45) is 7.80. The minimum absolute atomic E-state index is 0.472. The molecule has 0 aromatic carbocycles. The van der Waals surface area contributed by atoms with Gasteiger partial charge in [-0.2, -0.15) is 5.26 Å². The fourth-order valence-electron chi connectivity index (χ4n) is 3.14. The molecule has 0 amide bonds. The maximum atomic E-state index is 8.68. The van der Waals surface area contributed by atoms with Crippen LogP contribution in [0.3, 0.4) is 0 Å². The molecule has 78 valence electrons. The molecule has 1 heterocycles. The third kappa shape index (κ3) is 1.79. The van der Waals surface area contributed by atoms with Gasteiger partial charge in [-0.05, 0) is 38.1 Å². The fraction of sp³-hybridized carbons (Fsp3) is 0.917. The van der Waals surface area contributed by atoms with Gasteiger partial charge in [-0.1, -0.05) is 12.8 Å². The van der Waals surface area contributed by atoms with Crippen molar-refractivity contribution in [1.82, 2.24) is 4.90 Å². The Kier molecular flexibility index (Phi) is 2.78. The summed E-state index contributed by atoms with van der Waals surface area (Å²) in [4.78, 5) is 2.52. The first-order valence-electron chi connectivity index (χ1n) is 5.87. The maximum Gasteiger partial charge on any atom is 0.0638 e. The second-order valence-corrected chi connectivity index (χ2v) is 5.14. The minimum atomic E-state index is 0.472. The number of nitriles is 1. The lowest BCUT2D eigenvalue weighted by Crippen LogP contribution is -2.32. The van der Waals surface area contributed by atoms with E-state index in [1.807, 2.05) is 0 Å². The van der Waals surface area contributed by atoms with E-state index in [2.05, 4.69) is 17.9 Å². The Morgan fingerprint density at radius 1 is 1.36 bits per heavy atom. The van der Waals surface area contributed by atoms with Crippen LogP contribution in [0, 0.1) is 16.7 Å². The summed E-state index contributed by atoms with van der Waals surface area (Å²) in [7, 11) is 0. The zero-order valence-electron chi connectivity index (χ0n) is 9.13. The Bertz CT molecular complexity index is 235. The highest BCUT2D eigenvalue weighted by Gasteiger charge is 2.41. The molecule has 2 aliphatic rings. The highest BCUT2D eigenvalue weighted by atomic mass is 15.2. The van der Waals surface area contributed by atoms with Crippen molar-refractivity contribution in [3.8, 4) is 6.07 Å². The molecular formula is C12H20N2. The van der Waals surface area contributed by atoms with Crippen LogP contribution in [0.4, 0.5) is 0 Å². The number of hydrogen-bond acceptors (Lipinski definition) is 2. The summed E-state index contributed by atoms with van der Waals surface area (Å²) in [5, 5.41) is 8.68. The molecule has 1 aliphatic heterocycles. The van der Waals surface area contributed by atoms with Crippen LogP contribution < -0.4 is 0 Å². The van der Waals surface area contributed by atoms with Crippen LogP contribution in [-0.2, 0) is 0 Å². The van der Waals surface area contributed by atoms with Crippen LogP contribution in [0.1, 0.15) is 45.4 Å². The molecule has 2 nitrogen and oxygen atoms in total. The average Bonchev–Trinajstić information content (AvgIpc) is 2.78. The van der Waals surface area contributed by atoms with Gasteiger partial charge in [0.1, 0.15) is 0 Å². The molecule has 1 spiro atoms. The summed E-state index contributed by atoms with van der Waals surface area (Å²) >= 11 is 0. The third-order valence-electron chi connectivity index (χ3n) is 4.14. The first-order valence-corrected chi connectivity index (χ1v) is 5.87. The third-order valence-corrected chi connectivity index (χ3v) is 4.14. The first-order chi connectivity index (χ1) is 6.76. The monoisotopic (exact) mass is 192 g/mol. The molecule has 14 heavy (non-hydrogen) atoms. The number of likely N-dealkylation sites (tertiary alicyclic amines) is 1. The van der Waals surface area contributed by atoms with Gasteiger partial charge in [0.15, 0.2) is 0 Å². The van der Waals surface area contributed by atoms with Gasteiger partial charge < -0.3 is 0 Å². The minimum Gasteiger partial charge on any atom is -0.299 e. The Morgan fingerprint density at radius 3 is 2.71 bits per heavy atom. The molecule has 1 atom stereocenters. The van der Waals surface area contributed by atoms with E-state index < -0.39 is 0 Å². The molecule has 2 rings (SSSR count). The summed E-state index contributed by atoms with van der Waals surface area (Å²) < 4.78 is 0. The maximum absolute atomic E-state index is 8.68. The topological polar surface area (TPSA) is 27.0 Å². The SMILES string of the molecule is CC(CC#N)N1CCC2(CCCC2)C1. The molecule has 1 saturated heterocycles. The molecule has 2 heteroatoms. The second-order valence-electron chi connectivity index (χ2n) is 5.14. The molecule has 0 N–H and O–H groups in total. The van der Waals surface area contributed by atoms with Crippen molar-refractivity contribution in [3.63, 3.8) is 0 Å². The van der Waals surface area contributed by atoms with Gasteiger partial charge in [0.05, 0.1) is 12.5 Å². The van der Waals surface area contributed by atoms with Gasteiger partial charge in [-0.3, -0.25) is 4.90 Å². The lowest BCUT2D eigenvalue weighted by molar-refractivity contribution is 0.216. The van der Waals surface area contributed by atoms with Crippen molar-refractivity contribution in [2.75, 3.05) is 13.1 Å². The quantitative estimate of drug-likeness (QED) is 0.672. The van der Waals surface area contributed by atoms with E-state index in [9.17, 15) is 0 Å². The predicted molar refractivity (Wildman–Crippen MR) is 56.8 cm³/mol. The van der Waals surface area contributed by atoms with Crippen molar-refractivity contribution in [2.45, 2.75) is 51.5 Å². The Hall–Kier alpha value is -0.550. The molecule has 0 aromatic heterocycles. The fourth-order valence-corrected chi connectivity index (χ4v) is 3.14. The lowest BCUT2D eigenvalue weighted by atomic mass is 9.86. The van der Waals surface area contributed by atoms with Crippen molar-refractivity contribution in [1.29, 1.82) is 5.26 Å². The van der Waals surface area contributed by atoms with E-state index in [1.165, 1.54) is 45.2 Å². The Balaban J connectivity index is 1.91. The molecule has 0 aromatic rings. The normalized spacial score (nSPS) is 28.0. The van der Waals surface area contributed by atoms with Gasteiger partial charge in [-0.25, -0.2) is 0 Å². The number of nitrogens with zero attached hydrogens (tertiary/aromatic N) is 2. The van der Waals surface area contributed by atoms with Crippen LogP contribution in [0.25, 0.3) is 0 Å². The highest BCUT2D eigenvalue weighted by molar-refractivity contribution is 4.95. The molecule has 1 unspecified atom stereocenters. The van der Waals surface area contributed by atoms with Gasteiger partial charge in [0.25, 0.3) is 0 Å². The summed E-state index contributed by atoms with van der Waals surface area (Å²) in [5.41, 5.74) is 0.656. The number of hydrogen-bond donors (Lipinski definition) is 0. The highest BCUT2D eigenvalue weighted by Crippen LogP contribution is 2.45. The van der Waals surface area contributed by atoms with Gasteiger partial charge in [0.2, 0.25) is 0 Å². The summed E-state index contributed by atoms with van der Waals surface area (Å²) in [5.74, 6) is 0. The molecule has 0 radical (unpaired) electrons. The van der Waals surface area contributed by atoms with Crippen molar-refractivity contribution < 1.29 is 0 Å². The Labute approximate surface area is 86.9 Å². The molecule has 0 bridgehead atoms. The summed E-state index contributed by atoms with van der Waals surface area (Å²) in [6, 6.07) is 2.75. The van der Waals surface area contributed by atoms with Crippen LogP contribution in [0.5, 0.6) is 0 Å². The van der Waals surface area contributed by atoms with E-state index in [0.29, 0.717) is 17.9 Å². The largest absolute Gasteiger partial charge is 0.299 e. The van der Waals surface area contributed by atoms with Crippen molar-refractivity contribution in [2.24, 2.45) is 5.41 Å². The van der Waals surface area contributed by atoms with E-state index in [0.717, 1.165) is 0 Å². The van der Waals surface area contributed by atoms with Crippen LogP contribution in [0.2, 0.25) is 0 Å². The van der Waals surface area contributed by atoms with Gasteiger partial charge >= 0.3 is 0 Å². The molecule has 1 aliphatic carbocycles. The Morgan fingerprint density at radius 2 is 2.07 bits per heavy atom. The zero-order chi connectivity index (χ0) is 10.0. The number of rotatable bonds is 2. The lowest BCUT2D eigenvalue weighted by Gasteiger charge is -2.26. The van der Waals surface area contributed by atoms with Crippen LogP contribution in [-0.4, -0.2) is 24.0 Å². The first kappa shape index (κ1) is 9.98. The summed E-state index contributed by atoms with van der Waals surface area (Å²) in [6.45, 7) is 4.68. The zero-order valence-corrected chi connectivity index (χ0v) is 9.13.